The zero-order chi connectivity index (χ0) is 13.9. The van der Waals surface area contributed by atoms with Crippen LogP contribution in [-0.2, 0) is 6.54 Å². The number of ether oxygens (including phenoxy) is 1. The van der Waals surface area contributed by atoms with Crippen molar-refractivity contribution >= 4 is 12.2 Å². The molecule has 0 bridgehead atoms. The van der Waals surface area contributed by atoms with E-state index in [9.17, 15) is 0 Å². The number of nitrogens with one attached hydrogen (secondary N) is 1. The van der Waals surface area contributed by atoms with Gasteiger partial charge >= 0.3 is 0 Å². The smallest absolute Gasteiger partial charge is 0.151 e. The summed E-state index contributed by atoms with van der Waals surface area (Å²) in [6, 6.07) is 14.4. The van der Waals surface area contributed by atoms with Gasteiger partial charge in [-0.1, -0.05) is 30.3 Å². The Morgan fingerprint density at radius 2 is 1.95 bits per heavy atom. The maximum absolute atomic E-state index is 5.68. The predicted molar refractivity (Wildman–Crippen MR) is 82.7 cm³/mol. The molecule has 0 fully saturated rings. The SMILES string of the molecule is CC(C)Oc1ccc(-c2cccc3c2OSNC3)cc1. The molecule has 2 aromatic carbocycles. The Bertz CT molecular complexity index is 596. The summed E-state index contributed by atoms with van der Waals surface area (Å²) in [5.41, 5.74) is 3.44. The van der Waals surface area contributed by atoms with Gasteiger partial charge in [0.1, 0.15) is 18.0 Å². The lowest BCUT2D eigenvalue weighted by Gasteiger charge is -2.19. The Balaban J connectivity index is 1.93. The van der Waals surface area contributed by atoms with Crippen molar-refractivity contribution in [3.05, 3.63) is 48.0 Å². The first-order valence-corrected chi connectivity index (χ1v) is 7.43. The maximum Gasteiger partial charge on any atom is 0.151 e. The highest BCUT2D eigenvalue weighted by atomic mass is 32.2. The van der Waals surface area contributed by atoms with Gasteiger partial charge in [0.05, 0.1) is 6.10 Å². The maximum atomic E-state index is 5.68. The first kappa shape index (κ1) is 13.3. The second-order valence-corrected chi connectivity index (χ2v) is 5.59. The third kappa shape index (κ3) is 2.76. The van der Waals surface area contributed by atoms with Gasteiger partial charge in [-0.05, 0) is 31.5 Å². The number of rotatable bonds is 3. The van der Waals surface area contributed by atoms with Crippen LogP contribution in [0.5, 0.6) is 11.5 Å². The van der Waals surface area contributed by atoms with Gasteiger partial charge in [-0.2, -0.15) is 0 Å². The van der Waals surface area contributed by atoms with E-state index in [2.05, 4.69) is 35.1 Å². The summed E-state index contributed by atoms with van der Waals surface area (Å²) in [4.78, 5) is 0. The fourth-order valence-electron chi connectivity index (χ4n) is 2.21. The topological polar surface area (TPSA) is 30.5 Å². The van der Waals surface area contributed by atoms with Crippen LogP contribution in [0.25, 0.3) is 11.1 Å². The molecule has 0 aliphatic carbocycles. The standard InChI is InChI=1S/C16H17NO2S/c1-11(2)18-14-8-6-12(7-9-14)15-5-3-4-13-10-17-20-19-16(13)15/h3-9,11,17H,10H2,1-2H3. The molecular weight excluding hydrogens is 270 g/mol. The number of para-hydroxylation sites is 1. The summed E-state index contributed by atoms with van der Waals surface area (Å²) in [6.45, 7) is 4.88. The average Bonchev–Trinajstić information content (AvgIpc) is 2.47. The molecule has 1 aliphatic rings. The molecular formula is C16H17NO2S. The van der Waals surface area contributed by atoms with Crippen molar-refractivity contribution < 1.29 is 8.92 Å². The highest BCUT2D eigenvalue weighted by Gasteiger charge is 2.16. The third-order valence-electron chi connectivity index (χ3n) is 3.08. The predicted octanol–water partition coefficient (Wildman–Crippen LogP) is 4.19. The monoisotopic (exact) mass is 287 g/mol. The van der Waals surface area contributed by atoms with E-state index in [1.54, 1.807) is 0 Å². The number of hydrogen-bond donors (Lipinski definition) is 1. The molecule has 0 radical (unpaired) electrons. The van der Waals surface area contributed by atoms with Crippen molar-refractivity contribution in [3.8, 4) is 22.6 Å². The van der Waals surface area contributed by atoms with Crippen LogP contribution in [0.2, 0.25) is 0 Å². The molecule has 0 aromatic heterocycles. The third-order valence-corrected chi connectivity index (χ3v) is 3.59. The van der Waals surface area contributed by atoms with Gasteiger partial charge in [-0.15, -0.1) is 0 Å². The van der Waals surface area contributed by atoms with Crippen LogP contribution >= 0.6 is 12.2 Å². The van der Waals surface area contributed by atoms with E-state index < -0.39 is 0 Å². The molecule has 1 heterocycles. The van der Waals surface area contributed by atoms with Crippen LogP contribution < -0.4 is 13.6 Å². The molecule has 20 heavy (non-hydrogen) atoms. The molecule has 4 heteroatoms. The van der Waals surface area contributed by atoms with E-state index in [0.29, 0.717) is 0 Å². The van der Waals surface area contributed by atoms with Crippen LogP contribution in [0.15, 0.2) is 42.5 Å². The lowest BCUT2D eigenvalue weighted by Crippen LogP contribution is -2.12. The molecule has 0 spiro atoms. The molecule has 0 atom stereocenters. The lowest BCUT2D eigenvalue weighted by atomic mass is 10.0. The van der Waals surface area contributed by atoms with Crippen LogP contribution in [-0.4, -0.2) is 6.10 Å². The van der Waals surface area contributed by atoms with Gasteiger partial charge < -0.3 is 8.92 Å². The summed E-state index contributed by atoms with van der Waals surface area (Å²) < 4.78 is 14.5. The van der Waals surface area contributed by atoms with Gasteiger partial charge in [-0.3, -0.25) is 0 Å². The molecule has 3 rings (SSSR count). The van der Waals surface area contributed by atoms with Crippen molar-refractivity contribution in [2.45, 2.75) is 26.5 Å². The average molecular weight is 287 g/mol. The number of fused-ring (bicyclic) bond motifs is 1. The Labute approximate surface area is 123 Å². The fraction of sp³-hybridized carbons (Fsp3) is 0.250. The van der Waals surface area contributed by atoms with E-state index in [-0.39, 0.29) is 6.10 Å². The van der Waals surface area contributed by atoms with Crippen LogP contribution in [0.3, 0.4) is 0 Å². The van der Waals surface area contributed by atoms with Crippen LogP contribution in [0.4, 0.5) is 0 Å². The van der Waals surface area contributed by atoms with Crippen molar-refractivity contribution in [2.24, 2.45) is 0 Å². The Morgan fingerprint density at radius 3 is 2.70 bits per heavy atom. The minimum absolute atomic E-state index is 0.191. The molecule has 2 aromatic rings. The number of benzene rings is 2. The molecule has 3 nitrogen and oxygen atoms in total. The summed E-state index contributed by atoms with van der Waals surface area (Å²) in [6.07, 6.45) is 0.191. The number of hydrogen-bond acceptors (Lipinski definition) is 4. The van der Waals surface area contributed by atoms with Crippen molar-refractivity contribution in [1.29, 1.82) is 0 Å². The van der Waals surface area contributed by atoms with E-state index in [1.807, 2.05) is 26.0 Å². The van der Waals surface area contributed by atoms with E-state index in [0.717, 1.165) is 29.2 Å². The van der Waals surface area contributed by atoms with Crippen molar-refractivity contribution in [2.75, 3.05) is 0 Å². The van der Waals surface area contributed by atoms with Gasteiger partial charge in [0.25, 0.3) is 0 Å². The summed E-state index contributed by atoms with van der Waals surface area (Å²) in [5, 5.41) is 0. The molecule has 0 saturated heterocycles. The summed E-state index contributed by atoms with van der Waals surface area (Å²) in [7, 11) is 0. The van der Waals surface area contributed by atoms with E-state index >= 15 is 0 Å². The highest BCUT2D eigenvalue weighted by molar-refractivity contribution is 7.93. The minimum atomic E-state index is 0.191. The zero-order valence-electron chi connectivity index (χ0n) is 11.6. The Hall–Kier alpha value is -1.65. The fourth-order valence-corrected chi connectivity index (χ4v) is 2.77. The van der Waals surface area contributed by atoms with Crippen molar-refractivity contribution in [3.63, 3.8) is 0 Å². The lowest BCUT2D eigenvalue weighted by molar-refractivity contribution is 0.242. The van der Waals surface area contributed by atoms with Gasteiger partial charge in [-0.25, -0.2) is 4.72 Å². The first-order valence-electron chi connectivity index (χ1n) is 6.69. The minimum Gasteiger partial charge on any atom is -0.491 e. The molecule has 0 unspecified atom stereocenters. The largest absolute Gasteiger partial charge is 0.491 e. The Kier molecular flexibility index (Phi) is 3.85. The van der Waals surface area contributed by atoms with E-state index in [4.69, 9.17) is 8.92 Å². The molecule has 1 N–H and O–H groups in total. The van der Waals surface area contributed by atoms with Gasteiger partial charge in [0.15, 0.2) is 5.75 Å². The Morgan fingerprint density at radius 1 is 1.15 bits per heavy atom. The summed E-state index contributed by atoms with van der Waals surface area (Å²) in [5.74, 6) is 1.85. The highest BCUT2D eigenvalue weighted by Crippen LogP contribution is 2.37. The normalized spacial score (nSPS) is 13.8. The molecule has 0 amide bonds. The van der Waals surface area contributed by atoms with Crippen LogP contribution in [0, 0.1) is 0 Å². The molecule has 1 aliphatic heterocycles. The van der Waals surface area contributed by atoms with E-state index in [1.165, 1.54) is 17.8 Å². The quantitative estimate of drug-likeness (QED) is 0.677. The molecule has 0 saturated carbocycles. The van der Waals surface area contributed by atoms with Crippen LogP contribution in [0.1, 0.15) is 19.4 Å². The van der Waals surface area contributed by atoms with Gasteiger partial charge in [0.2, 0.25) is 0 Å². The van der Waals surface area contributed by atoms with Gasteiger partial charge in [0, 0.05) is 17.7 Å². The molecule has 104 valence electrons. The van der Waals surface area contributed by atoms with Crippen molar-refractivity contribution in [1.82, 2.24) is 4.72 Å². The summed E-state index contributed by atoms with van der Waals surface area (Å²) >= 11 is 1.28. The first-order chi connectivity index (χ1) is 9.74. The second-order valence-electron chi connectivity index (χ2n) is 4.97. The zero-order valence-corrected chi connectivity index (χ0v) is 12.4. The second kappa shape index (κ2) is 5.77.